The number of esters is 1. The van der Waals surface area contributed by atoms with E-state index in [0.29, 0.717) is 6.42 Å². The van der Waals surface area contributed by atoms with Crippen LogP contribution in [0.5, 0.6) is 0 Å². The maximum Gasteiger partial charge on any atom is 0.306 e. The summed E-state index contributed by atoms with van der Waals surface area (Å²) in [5.41, 5.74) is -0.577. The molecule has 0 bridgehead atoms. The zero-order chi connectivity index (χ0) is 8.20. The first kappa shape index (κ1) is 9.47. The fraction of sp³-hybridized carbons (Fsp3) is 0.750. The summed E-state index contributed by atoms with van der Waals surface area (Å²) in [6.45, 7) is 9.12. The van der Waals surface area contributed by atoms with Crippen LogP contribution in [0.3, 0.4) is 0 Å². The Balaban J connectivity index is 3.58. The molecule has 0 N–H and O–H groups in total. The van der Waals surface area contributed by atoms with E-state index in [9.17, 15) is 4.79 Å². The van der Waals surface area contributed by atoms with Crippen LogP contribution in [0.25, 0.3) is 0 Å². The van der Waals surface area contributed by atoms with E-state index in [1.807, 2.05) is 6.92 Å². The van der Waals surface area contributed by atoms with Crippen molar-refractivity contribution < 1.29 is 9.53 Å². The van der Waals surface area contributed by atoms with Crippen molar-refractivity contribution in [2.45, 2.75) is 39.2 Å². The molecule has 0 saturated carbocycles. The van der Waals surface area contributed by atoms with Gasteiger partial charge < -0.3 is 4.74 Å². The predicted octanol–water partition coefficient (Wildman–Crippen LogP) is 1.94. The summed E-state index contributed by atoms with van der Waals surface area (Å²) < 4.78 is 4.93. The van der Waals surface area contributed by atoms with Gasteiger partial charge in [0.25, 0.3) is 0 Å². The molecule has 0 spiro atoms. The first-order valence-electron chi connectivity index (χ1n) is 3.53. The van der Waals surface area contributed by atoms with Gasteiger partial charge in [-0.25, -0.2) is 0 Å². The summed E-state index contributed by atoms with van der Waals surface area (Å²) in [4.78, 5) is 10.8. The van der Waals surface area contributed by atoms with E-state index in [2.05, 4.69) is 6.92 Å². The second-order valence-corrected chi connectivity index (χ2v) is 2.98. The lowest BCUT2D eigenvalue weighted by atomic mass is 10.2. The van der Waals surface area contributed by atoms with Crippen molar-refractivity contribution in [3.8, 4) is 0 Å². The first-order valence-corrected chi connectivity index (χ1v) is 3.53. The Hall–Kier alpha value is -0.530. The monoisotopic (exact) mass is 143 g/mol. The highest BCUT2D eigenvalue weighted by molar-refractivity contribution is 5.69. The van der Waals surface area contributed by atoms with E-state index in [-0.39, 0.29) is 5.97 Å². The number of carbonyl (C=O) groups excluding carboxylic acids is 1. The van der Waals surface area contributed by atoms with Crippen LogP contribution in [-0.4, -0.2) is 11.6 Å². The van der Waals surface area contributed by atoms with Crippen LogP contribution in [-0.2, 0) is 9.53 Å². The Morgan fingerprint density at radius 1 is 1.60 bits per heavy atom. The molecule has 0 aliphatic carbocycles. The smallest absolute Gasteiger partial charge is 0.306 e. The fourth-order valence-corrected chi connectivity index (χ4v) is 0.563. The van der Waals surface area contributed by atoms with Gasteiger partial charge in [0.15, 0.2) is 0 Å². The van der Waals surface area contributed by atoms with Crippen molar-refractivity contribution in [1.82, 2.24) is 0 Å². The summed E-state index contributed by atoms with van der Waals surface area (Å²) in [5.74, 6) is -0.164. The zero-order valence-electron chi connectivity index (χ0n) is 6.94. The van der Waals surface area contributed by atoms with Crippen LogP contribution in [0.15, 0.2) is 0 Å². The van der Waals surface area contributed by atoms with Crippen LogP contribution in [0.4, 0.5) is 0 Å². The van der Waals surface area contributed by atoms with Gasteiger partial charge in [-0.1, -0.05) is 6.92 Å². The van der Waals surface area contributed by atoms with E-state index in [4.69, 9.17) is 4.74 Å². The molecule has 0 rings (SSSR count). The molecule has 0 fully saturated rings. The van der Waals surface area contributed by atoms with E-state index in [1.54, 1.807) is 13.8 Å². The van der Waals surface area contributed by atoms with Crippen LogP contribution in [0, 0.1) is 6.92 Å². The third-order valence-corrected chi connectivity index (χ3v) is 0.844. The van der Waals surface area contributed by atoms with Gasteiger partial charge in [-0.05, 0) is 27.2 Å². The summed E-state index contributed by atoms with van der Waals surface area (Å²) in [6.07, 6.45) is 1.31. The maximum absolute atomic E-state index is 10.8. The van der Waals surface area contributed by atoms with Crippen molar-refractivity contribution in [3.05, 3.63) is 6.92 Å². The summed E-state index contributed by atoms with van der Waals surface area (Å²) in [7, 11) is 0. The lowest BCUT2D eigenvalue weighted by molar-refractivity contribution is -0.152. The van der Waals surface area contributed by atoms with Crippen molar-refractivity contribution >= 4 is 5.97 Å². The highest BCUT2D eigenvalue weighted by Gasteiger charge is 2.14. The van der Waals surface area contributed by atoms with E-state index < -0.39 is 5.60 Å². The largest absolute Gasteiger partial charge is 0.460 e. The normalized spacial score (nSPS) is 11.2. The molecule has 0 aromatic rings. The highest BCUT2D eigenvalue weighted by Crippen LogP contribution is 2.07. The zero-order valence-corrected chi connectivity index (χ0v) is 6.94. The van der Waals surface area contributed by atoms with Crippen LogP contribution >= 0.6 is 0 Å². The summed E-state index contributed by atoms with van der Waals surface area (Å²) in [6, 6.07) is 0. The molecule has 1 radical (unpaired) electrons. The van der Waals surface area contributed by atoms with E-state index in [1.165, 1.54) is 0 Å². The minimum atomic E-state index is -0.577. The Morgan fingerprint density at radius 2 is 2.10 bits per heavy atom. The molecule has 0 amide bonds. The molecule has 0 aliphatic rings. The molecule has 59 valence electrons. The van der Waals surface area contributed by atoms with Gasteiger partial charge in [0, 0.05) is 6.42 Å². The minimum absolute atomic E-state index is 0.164. The lowest BCUT2D eigenvalue weighted by Gasteiger charge is -2.18. The van der Waals surface area contributed by atoms with Gasteiger partial charge in [0.2, 0.25) is 0 Å². The Kier molecular flexibility index (Phi) is 3.40. The molecule has 0 aliphatic heterocycles. The molecule has 0 heterocycles. The minimum Gasteiger partial charge on any atom is -0.460 e. The van der Waals surface area contributed by atoms with Crippen LogP contribution in [0.1, 0.15) is 33.6 Å². The standard InChI is InChI=1S/C8H15O2/c1-5-6-7(9)10-8(2,3)4/h2,5-6H2,1,3-4H3. The number of ether oxygens (including phenoxy) is 1. The quantitative estimate of drug-likeness (QED) is 0.564. The van der Waals surface area contributed by atoms with Crippen molar-refractivity contribution in [1.29, 1.82) is 0 Å². The number of hydrogen-bond donors (Lipinski definition) is 0. The Bertz CT molecular complexity index is 111. The third kappa shape index (κ3) is 5.60. The highest BCUT2D eigenvalue weighted by atomic mass is 16.6. The van der Waals surface area contributed by atoms with Gasteiger partial charge in [-0.15, -0.1) is 0 Å². The average molecular weight is 143 g/mol. The molecule has 10 heavy (non-hydrogen) atoms. The van der Waals surface area contributed by atoms with Crippen LogP contribution < -0.4 is 0 Å². The Morgan fingerprint density at radius 3 is 2.40 bits per heavy atom. The number of rotatable bonds is 3. The van der Waals surface area contributed by atoms with Crippen molar-refractivity contribution in [3.63, 3.8) is 0 Å². The molecule has 0 atom stereocenters. The van der Waals surface area contributed by atoms with Gasteiger partial charge in [0.05, 0.1) is 0 Å². The van der Waals surface area contributed by atoms with E-state index in [0.717, 1.165) is 6.42 Å². The lowest BCUT2D eigenvalue weighted by Crippen LogP contribution is -2.23. The summed E-state index contributed by atoms with van der Waals surface area (Å²) >= 11 is 0. The SMILES string of the molecule is [CH2]C(C)(C)OC(=O)CCC. The van der Waals surface area contributed by atoms with Crippen LogP contribution in [0.2, 0.25) is 0 Å². The molecule has 2 heteroatoms. The molecule has 0 unspecified atom stereocenters. The maximum atomic E-state index is 10.8. The van der Waals surface area contributed by atoms with Crippen molar-refractivity contribution in [2.75, 3.05) is 0 Å². The van der Waals surface area contributed by atoms with E-state index >= 15 is 0 Å². The van der Waals surface area contributed by atoms with Gasteiger partial charge >= 0.3 is 5.97 Å². The second kappa shape index (κ2) is 3.59. The fourth-order valence-electron chi connectivity index (χ4n) is 0.563. The average Bonchev–Trinajstić information content (AvgIpc) is 1.59. The third-order valence-electron chi connectivity index (χ3n) is 0.844. The first-order chi connectivity index (χ1) is 4.45. The molecule has 0 saturated heterocycles. The van der Waals surface area contributed by atoms with Gasteiger partial charge in [0.1, 0.15) is 5.60 Å². The Labute approximate surface area is 62.6 Å². The topological polar surface area (TPSA) is 26.3 Å². The predicted molar refractivity (Wildman–Crippen MR) is 40.4 cm³/mol. The number of carbonyl (C=O) groups is 1. The molecular formula is C8H15O2. The molecule has 0 aromatic carbocycles. The van der Waals surface area contributed by atoms with Gasteiger partial charge in [-0.3, -0.25) is 4.79 Å². The molecular weight excluding hydrogens is 128 g/mol. The van der Waals surface area contributed by atoms with Gasteiger partial charge in [-0.2, -0.15) is 0 Å². The van der Waals surface area contributed by atoms with Crippen molar-refractivity contribution in [2.24, 2.45) is 0 Å². The second-order valence-electron chi connectivity index (χ2n) is 2.98. The number of hydrogen-bond acceptors (Lipinski definition) is 2. The molecule has 2 nitrogen and oxygen atoms in total. The molecule has 0 aromatic heterocycles. The summed E-state index contributed by atoms with van der Waals surface area (Å²) in [5, 5.41) is 0.